The van der Waals surface area contributed by atoms with Crippen molar-refractivity contribution in [3.8, 4) is 11.3 Å². The van der Waals surface area contributed by atoms with Crippen LogP contribution in [0.5, 0.6) is 0 Å². The molecule has 33 heavy (non-hydrogen) atoms. The zero-order chi connectivity index (χ0) is 23.6. The van der Waals surface area contributed by atoms with E-state index < -0.39 is 23.5 Å². The second-order valence-corrected chi connectivity index (χ2v) is 9.51. The molecule has 0 saturated heterocycles. The lowest BCUT2D eigenvalue weighted by molar-refractivity contribution is -0.165. The Balaban J connectivity index is 1.51. The van der Waals surface area contributed by atoms with Gasteiger partial charge in [-0.05, 0) is 42.7 Å². The largest absolute Gasteiger partial charge is 0.460 e. The van der Waals surface area contributed by atoms with Crippen LogP contribution in [0.25, 0.3) is 11.3 Å². The molecule has 1 aromatic heterocycles. The summed E-state index contributed by atoms with van der Waals surface area (Å²) in [5, 5.41) is 11.1. The third-order valence-electron chi connectivity index (χ3n) is 6.80. The van der Waals surface area contributed by atoms with Crippen LogP contribution >= 0.6 is 11.6 Å². The normalized spacial score (nSPS) is 27.4. The Labute approximate surface area is 198 Å². The van der Waals surface area contributed by atoms with Gasteiger partial charge in [-0.1, -0.05) is 50.3 Å². The van der Waals surface area contributed by atoms with Crippen molar-refractivity contribution in [3.63, 3.8) is 0 Å². The van der Waals surface area contributed by atoms with Crippen LogP contribution in [0, 0.1) is 23.7 Å². The van der Waals surface area contributed by atoms with Gasteiger partial charge in [0.05, 0.1) is 23.0 Å². The van der Waals surface area contributed by atoms with Crippen LogP contribution < -0.4 is 0 Å². The molecule has 1 aliphatic carbocycles. The lowest BCUT2D eigenvalue weighted by Crippen LogP contribution is -2.53. The molecule has 2 aromatic rings. The van der Waals surface area contributed by atoms with Crippen LogP contribution in [0.3, 0.4) is 0 Å². The molecule has 0 bridgehead atoms. The number of rotatable bonds is 6. The van der Waals surface area contributed by atoms with Gasteiger partial charge < -0.3 is 19.0 Å². The standard InChI is InChI=1S/C26H29ClO6/c1-16(2)20-10-11-26(30,15-27)23-21(20)12-18(13-31-25(23)29)24(28)32-14-19-8-9-22(33-19)17-6-4-3-5-7-17/h3-9,12,16,20-21,23,30H,10-11,13-15H2,1-2H3/t20-,21-,23-,26-/m1/s1. The molecule has 4 atom stereocenters. The number of halogens is 1. The van der Waals surface area contributed by atoms with Crippen LogP contribution in [0.1, 0.15) is 32.4 Å². The summed E-state index contributed by atoms with van der Waals surface area (Å²) in [5.41, 5.74) is -0.148. The summed E-state index contributed by atoms with van der Waals surface area (Å²) in [6.45, 7) is 3.93. The van der Waals surface area contributed by atoms with E-state index in [-0.39, 0.29) is 42.4 Å². The molecule has 0 amide bonds. The third-order valence-corrected chi connectivity index (χ3v) is 7.26. The van der Waals surface area contributed by atoms with Crippen LogP contribution in [0.2, 0.25) is 0 Å². The molecule has 176 valence electrons. The summed E-state index contributed by atoms with van der Waals surface area (Å²) in [6.07, 6.45) is 2.89. The Hall–Kier alpha value is -2.57. The highest BCUT2D eigenvalue weighted by atomic mass is 35.5. The molecule has 1 fully saturated rings. The molecule has 0 unspecified atom stereocenters. The van der Waals surface area contributed by atoms with Gasteiger partial charge in [0.2, 0.25) is 0 Å². The van der Waals surface area contributed by atoms with Gasteiger partial charge in [-0.3, -0.25) is 4.79 Å². The molecule has 2 heterocycles. The van der Waals surface area contributed by atoms with Gasteiger partial charge in [0, 0.05) is 5.56 Å². The molecule has 4 rings (SSSR count). The summed E-state index contributed by atoms with van der Waals surface area (Å²) in [4.78, 5) is 25.7. The SMILES string of the molecule is CC(C)[C@H]1CC[C@@](O)(CCl)[C@H]2C(=O)OCC(C(=O)OCc3ccc(-c4ccccc4)o3)=C[C@H]12. The first-order chi connectivity index (χ1) is 15.8. The van der Waals surface area contributed by atoms with Crippen LogP contribution in [-0.4, -0.2) is 35.1 Å². The maximum atomic E-state index is 12.9. The fourth-order valence-electron chi connectivity index (χ4n) is 4.98. The molecule has 7 heteroatoms. The average Bonchev–Trinajstić information content (AvgIpc) is 3.21. The summed E-state index contributed by atoms with van der Waals surface area (Å²) in [5.74, 6) is -0.732. The number of alkyl halides is 1. The van der Waals surface area contributed by atoms with Crippen molar-refractivity contribution in [2.75, 3.05) is 12.5 Å². The van der Waals surface area contributed by atoms with E-state index in [1.165, 1.54) is 0 Å². The quantitative estimate of drug-likeness (QED) is 0.482. The predicted molar refractivity (Wildman–Crippen MR) is 123 cm³/mol. The van der Waals surface area contributed by atoms with E-state index in [2.05, 4.69) is 13.8 Å². The fraction of sp³-hybridized carbons (Fsp3) is 0.462. The number of furan rings is 1. The fourth-order valence-corrected chi connectivity index (χ4v) is 5.28. The van der Waals surface area contributed by atoms with E-state index in [9.17, 15) is 14.7 Å². The first-order valence-corrected chi connectivity index (χ1v) is 11.8. The number of hydrogen-bond donors (Lipinski definition) is 1. The molecule has 6 nitrogen and oxygen atoms in total. The molecule has 2 aliphatic rings. The number of fused-ring (bicyclic) bond motifs is 1. The minimum Gasteiger partial charge on any atom is -0.460 e. The van der Waals surface area contributed by atoms with E-state index in [0.717, 1.165) is 5.56 Å². The predicted octanol–water partition coefficient (Wildman–Crippen LogP) is 4.74. The van der Waals surface area contributed by atoms with Crippen LogP contribution in [0.15, 0.2) is 58.5 Å². The highest BCUT2D eigenvalue weighted by molar-refractivity contribution is 6.18. The first-order valence-electron chi connectivity index (χ1n) is 11.3. The van der Waals surface area contributed by atoms with Crippen LogP contribution in [-0.2, 0) is 25.7 Å². The number of aliphatic hydroxyl groups is 1. The number of carbonyl (C=O) groups is 2. The Kier molecular flexibility index (Phi) is 6.96. The number of allylic oxidation sites excluding steroid dienone is 1. The van der Waals surface area contributed by atoms with E-state index >= 15 is 0 Å². The van der Waals surface area contributed by atoms with Gasteiger partial charge in [0.25, 0.3) is 0 Å². The molecule has 0 radical (unpaired) electrons. The molecular formula is C26H29ClO6. The number of hydrogen-bond acceptors (Lipinski definition) is 6. The Bertz CT molecular complexity index is 1030. The number of benzene rings is 1. The molecule has 0 spiro atoms. The van der Waals surface area contributed by atoms with Gasteiger partial charge in [-0.25, -0.2) is 4.79 Å². The Morgan fingerprint density at radius 1 is 1.24 bits per heavy atom. The summed E-state index contributed by atoms with van der Waals surface area (Å²) in [7, 11) is 0. The maximum Gasteiger partial charge on any atom is 0.337 e. The Morgan fingerprint density at radius 3 is 2.70 bits per heavy atom. The smallest absolute Gasteiger partial charge is 0.337 e. The summed E-state index contributed by atoms with van der Waals surface area (Å²) in [6, 6.07) is 13.2. The van der Waals surface area contributed by atoms with Gasteiger partial charge in [-0.15, -0.1) is 11.6 Å². The number of esters is 2. The minimum atomic E-state index is -1.35. The van der Waals surface area contributed by atoms with Crippen molar-refractivity contribution in [2.24, 2.45) is 23.7 Å². The van der Waals surface area contributed by atoms with Crippen molar-refractivity contribution in [2.45, 2.75) is 38.9 Å². The van der Waals surface area contributed by atoms with Crippen molar-refractivity contribution in [1.82, 2.24) is 0 Å². The van der Waals surface area contributed by atoms with Crippen molar-refractivity contribution in [1.29, 1.82) is 0 Å². The highest BCUT2D eigenvalue weighted by Crippen LogP contribution is 2.47. The van der Waals surface area contributed by atoms with Gasteiger partial charge in [0.15, 0.2) is 0 Å². The van der Waals surface area contributed by atoms with Gasteiger partial charge in [-0.2, -0.15) is 0 Å². The summed E-state index contributed by atoms with van der Waals surface area (Å²) >= 11 is 6.07. The van der Waals surface area contributed by atoms with Crippen LogP contribution in [0.4, 0.5) is 0 Å². The molecule has 1 aromatic carbocycles. The minimum absolute atomic E-state index is 0.0374. The maximum absolute atomic E-state index is 12.9. The topological polar surface area (TPSA) is 86.0 Å². The lowest BCUT2D eigenvalue weighted by atomic mass is 9.61. The molecular weight excluding hydrogens is 444 g/mol. The molecule has 1 saturated carbocycles. The number of carbonyl (C=O) groups excluding carboxylic acids is 2. The van der Waals surface area contributed by atoms with E-state index in [0.29, 0.717) is 24.4 Å². The van der Waals surface area contributed by atoms with Crippen molar-refractivity contribution in [3.05, 3.63) is 59.9 Å². The van der Waals surface area contributed by atoms with E-state index in [1.807, 2.05) is 36.4 Å². The van der Waals surface area contributed by atoms with E-state index in [1.54, 1.807) is 12.1 Å². The number of cyclic esters (lactones) is 1. The molecule has 1 N–H and O–H groups in total. The average molecular weight is 473 g/mol. The zero-order valence-corrected chi connectivity index (χ0v) is 19.6. The number of ether oxygens (including phenoxy) is 2. The molecule has 1 aliphatic heterocycles. The first kappa shape index (κ1) is 23.6. The summed E-state index contributed by atoms with van der Waals surface area (Å²) < 4.78 is 16.7. The monoisotopic (exact) mass is 472 g/mol. The zero-order valence-electron chi connectivity index (χ0n) is 18.8. The van der Waals surface area contributed by atoms with Gasteiger partial charge in [0.1, 0.15) is 24.7 Å². The second kappa shape index (κ2) is 9.74. The van der Waals surface area contributed by atoms with Crippen molar-refractivity contribution < 1.29 is 28.6 Å². The highest BCUT2D eigenvalue weighted by Gasteiger charge is 2.53. The van der Waals surface area contributed by atoms with Gasteiger partial charge >= 0.3 is 11.9 Å². The lowest BCUT2D eigenvalue weighted by Gasteiger charge is -2.46. The third kappa shape index (κ3) is 4.87. The van der Waals surface area contributed by atoms with Crippen molar-refractivity contribution >= 4 is 23.5 Å². The second-order valence-electron chi connectivity index (χ2n) is 9.25. The Morgan fingerprint density at radius 2 is 2.00 bits per heavy atom. The van der Waals surface area contributed by atoms with E-state index in [4.69, 9.17) is 25.5 Å².